The van der Waals surface area contributed by atoms with Gasteiger partial charge in [-0.2, -0.15) is 0 Å². The minimum atomic E-state index is -0.905. The van der Waals surface area contributed by atoms with Crippen molar-refractivity contribution in [3.8, 4) is 0 Å². The van der Waals surface area contributed by atoms with E-state index in [1.54, 1.807) is 50.9 Å². The van der Waals surface area contributed by atoms with Crippen molar-refractivity contribution in [2.75, 3.05) is 18.6 Å². The van der Waals surface area contributed by atoms with Crippen LogP contribution in [-0.4, -0.2) is 25.2 Å². The fraction of sp³-hybridized carbons (Fsp3) is 0.462. The number of ether oxygens (including phenoxy) is 1. The minimum Gasteiger partial charge on any atom is -0.464 e. The summed E-state index contributed by atoms with van der Waals surface area (Å²) < 4.78 is 18.6. The van der Waals surface area contributed by atoms with Crippen LogP contribution in [0, 0.1) is 5.82 Å². The average molecular weight is 239 g/mol. The molecule has 0 aromatic heterocycles. The molecule has 1 aromatic carbocycles. The number of rotatable bonds is 4. The maximum Gasteiger partial charge on any atom is 0.331 e. The summed E-state index contributed by atoms with van der Waals surface area (Å²) >= 11 is 0. The van der Waals surface area contributed by atoms with Gasteiger partial charge in [0.05, 0.1) is 12.3 Å². The number of carbonyl (C=O) groups excluding carboxylic acids is 1. The maximum absolute atomic E-state index is 13.6. The molecule has 0 fully saturated rings. The zero-order chi connectivity index (χ0) is 13.1. The van der Waals surface area contributed by atoms with E-state index in [1.807, 2.05) is 0 Å². The second-order valence-corrected chi connectivity index (χ2v) is 4.29. The Bertz CT molecular complexity index is 404. The van der Waals surface area contributed by atoms with Crippen LogP contribution in [0.5, 0.6) is 0 Å². The second-order valence-electron chi connectivity index (χ2n) is 4.29. The Kier molecular flexibility index (Phi) is 4.10. The number of esters is 1. The van der Waals surface area contributed by atoms with Gasteiger partial charge in [0.15, 0.2) is 0 Å². The van der Waals surface area contributed by atoms with Gasteiger partial charge in [-0.05, 0) is 32.9 Å². The number of carbonyl (C=O) groups is 1. The highest BCUT2D eigenvalue weighted by molar-refractivity contribution is 5.84. The molecule has 94 valence electrons. The highest BCUT2D eigenvalue weighted by Crippen LogP contribution is 2.25. The molecule has 1 aromatic rings. The van der Waals surface area contributed by atoms with Crippen molar-refractivity contribution in [1.29, 1.82) is 0 Å². The molecule has 0 bridgehead atoms. The van der Waals surface area contributed by atoms with Crippen LogP contribution in [0.4, 0.5) is 10.1 Å². The van der Waals surface area contributed by atoms with Crippen molar-refractivity contribution in [3.05, 3.63) is 30.1 Å². The Morgan fingerprint density at radius 3 is 2.53 bits per heavy atom. The topological polar surface area (TPSA) is 29.5 Å². The van der Waals surface area contributed by atoms with Crippen LogP contribution < -0.4 is 4.90 Å². The zero-order valence-electron chi connectivity index (χ0n) is 10.7. The summed E-state index contributed by atoms with van der Waals surface area (Å²) in [7, 11) is 1.68. The lowest BCUT2D eigenvalue weighted by Crippen LogP contribution is -2.49. The molecule has 0 aliphatic heterocycles. The van der Waals surface area contributed by atoms with Crippen LogP contribution in [0.2, 0.25) is 0 Å². The van der Waals surface area contributed by atoms with E-state index >= 15 is 0 Å². The Labute approximate surface area is 101 Å². The van der Waals surface area contributed by atoms with E-state index in [1.165, 1.54) is 6.07 Å². The zero-order valence-corrected chi connectivity index (χ0v) is 10.7. The van der Waals surface area contributed by atoms with Gasteiger partial charge in [0.1, 0.15) is 11.4 Å². The molecular weight excluding hydrogens is 221 g/mol. The van der Waals surface area contributed by atoms with E-state index in [0.717, 1.165) is 0 Å². The van der Waals surface area contributed by atoms with Crippen LogP contribution >= 0.6 is 0 Å². The number of para-hydroxylation sites is 1. The lowest BCUT2D eigenvalue weighted by molar-refractivity contribution is -0.148. The predicted octanol–water partition coefficient (Wildman–Crippen LogP) is 2.60. The first-order valence-electron chi connectivity index (χ1n) is 5.56. The maximum atomic E-state index is 13.6. The molecule has 0 aliphatic rings. The molecule has 1 rings (SSSR count). The number of hydrogen-bond acceptors (Lipinski definition) is 3. The summed E-state index contributed by atoms with van der Waals surface area (Å²) in [5.74, 6) is -0.724. The van der Waals surface area contributed by atoms with E-state index < -0.39 is 5.54 Å². The summed E-state index contributed by atoms with van der Waals surface area (Å²) in [6.07, 6.45) is 0. The van der Waals surface area contributed by atoms with Crippen molar-refractivity contribution in [2.24, 2.45) is 0 Å². The first kappa shape index (κ1) is 13.5. The van der Waals surface area contributed by atoms with Crippen LogP contribution in [0.3, 0.4) is 0 Å². The van der Waals surface area contributed by atoms with Crippen LogP contribution in [0.15, 0.2) is 24.3 Å². The summed E-state index contributed by atoms with van der Waals surface area (Å²) in [5.41, 5.74) is -0.524. The molecule has 0 radical (unpaired) electrons. The van der Waals surface area contributed by atoms with Crippen LogP contribution in [-0.2, 0) is 9.53 Å². The molecular formula is C13H18FNO2. The van der Waals surface area contributed by atoms with E-state index in [2.05, 4.69) is 0 Å². The van der Waals surface area contributed by atoms with Crippen LogP contribution in [0.1, 0.15) is 20.8 Å². The van der Waals surface area contributed by atoms with Crippen molar-refractivity contribution in [3.63, 3.8) is 0 Å². The lowest BCUT2D eigenvalue weighted by atomic mass is 10.0. The highest BCUT2D eigenvalue weighted by Gasteiger charge is 2.34. The Morgan fingerprint density at radius 2 is 2.00 bits per heavy atom. The summed E-state index contributed by atoms with van der Waals surface area (Å²) in [4.78, 5) is 13.4. The van der Waals surface area contributed by atoms with E-state index in [0.29, 0.717) is 12.3 Å². The molecule has 3 nitrogen and oxygen atoms in total. The van der Waals surface area contributed by atoms with Gasteiger partial charge in [0.2, 0.25) is 0 Å². The lowest BCUT2D eigenvalue weighted by Gasteiger charge is -2.35. The smallest absolute Gasteiger partial charge is 0.331 e. The highest BCUT2D eigenvalue weighted by atomic mass is 19.1. The van der Waals surface area contributed by atoms with E-state index in [4.69, 9.17) is 4.74 Å². The standard InChI is InChI=1S/C13H18FNO2/c1-5-17-12(16)13(2,3)15(4)11-9-7-6-8-10(11)14/h6-9H,5H2,1-4H3. The third-order valence-corrected chi connectivity index (χ3v) is 2.83. The van der Waals surface area contributed by atoms with Crippen LogP contribution in [0.25, 0.3) is 0 Å². The Morgan fingerprint density at radius 1 is 1.41 bits per heavy atom. The van der Waals surface area contributed by atoms with E-state index in [-0.39, 0.29) is 11.8 Å². The van der Waals surface area contributed by atoms with Gasteiger partial charge in [-0.1, -0.05) is 12.1 Å². The fourth-order valence-corrected chi connectivity index (χ4v) is 1.47. The van der Waals surface area contributed by atoms with Crippen molar-refractivity contribution in [1.82, 2.24) is 0 Å². The Hall–Kier alpha value is -1.58. The molecule has 0 atom stereocenters. The Balaban J connectivity index is 3.00. The van der Waals surface area contributed by atoms with Gasteiger partial charge < -0.3 is 9.64 Å². The summed E-state index contributed by atoms with van der Waals surface area (Å²) in [6, 6.07) is 6.35. The largest absolute Gasteiger partial charge is 0.464 e. The first-order valence-corrected chi connectivity index (χ1v) is 5.56. The third kappa shape index (κ3) is 2.75. The van der Waals surface area contributed by atoms with E-state index in [9.17, 15) is 9.18 Å². The predicted molar refractivity (Wildman–Crippen MR) is 65.5 cm³/mol. The number of anilines is 1. The van der Waals surface area contributed by atoms with Crippen molar-refractivity contribution >= 4 is 11.7 Å². The minimum absolute atomic E-state index is 0.313. The monoisotopic (exact) mass is 239 g/mol. The molecule has 0 heterocycles. The van der Waals surface area contributed by atoms with Gasteiger partial charge in [-0.15, -0.1) is 0 Å². The quantitative estimate of drug-likeness (QED) is 0.756. The number of benzene rings is 1. The average Bonchev–Trinajstić information content (AvgIpc) is 2.29. The van der Waals surface area contributed by atoms with Gasteiger partial charge in [-0.25, -0.2) is 9.18 Å². The van der Waals surface area contributed by atoms with Gasteiger partial charge in [0.25, 0.3) is 0 Å². The molecule has 0 unspecified atom stereocenters. The summed E-state index contributed by atoms with van der Waals surface area (Å²) in [5, 5.41) is 0. The number of hydrogen-bond donors (Lipinski definition) is 0. The third-order valence-electron chi connectivity index (χ3n) is 2.83. The molecule has 17 heavy (non-hydrogen) atoms. The molecule has 4 heteroatoms. The van der Waals surface area contributed by atoms with Gasteiger partial charge in [-0.3, -0.25) is 0 Å². The number of likely N-dealkylation sites (N-methyl/N-ethyl adjacent to an activating group) is 1. The SMILES string of the molecule is CCOC(=O)C(C)(C)N(C)c1ccccc1F. The molecule has 0 aliphatic carbocycles. The van der Waals surface area contributed by atoms with Gasteiger partial charge in [0, 0.05) is 7.05 Å². The van der Waals surface area contributed by atoms with Crippen molar-refractivity contribution in [2.45, 2.75) is 26.3 Å². The fourth-order valence-electron chi connectivity index (χ4n) is 1.47. The normalized spacial score (nSPS) is 11.1. The molecule has 0 amide bonds. The number of halogens is 1. The molecule has 0 spiro atoms. The van der Waals surface area contributed by atoms with Crippen molar-refractivity contribution < 1.29 is 13.9 Å². The van der Waals surface area contributed by atoms with Gasteiger partial charge >= 0.3 is 5.97 Å². The molecule has 0 N–H and O–H groups in total. The summed E-state index contributed by atoms with van der Waals surface area (Å²) in [6.45, 7) is 5.47. The molecule has 0 saturated heterocycles. The number of nitrogens with zero attached hydrogens (tertiary/aromatic N) is 1. The first-order chi connectivity index (χ1) is 7.91. The second kappa shape index (κ2) is 5.17. The molecule has 0 saturated carbocycles.